The van der Waals surface area contributed by atoms with Crippen LogP contribution in [0.4, 0.5) is 5.69 Å². The number of benzene rings is 3. The van der Waals surface area contributed by atoms with Crippen molar-refractivity contribution in [3.8, 4) is 11.5 Å². The molecule has 1 aliphatic heterocycles. The summed E-state index contributed by atoms with van der Waals surface area (Å²) in [4.78, 5) is 23.8. The molecule has 9 nitrogen and oxygen atoms in total. The van der Waals surface area contributed by atoms with Crippen molar-refractivity contribution < 1.29 is 29.0 Å². The second kappa shape index (κ2) is 10.1. The van der Waals surface area contributed by atoms with Gasteiger partial charge < -0.3 is 19.3 Å². The highest BCUT2D eigenvalue weighted by atomic mass is 32.2. The molecule has 10 heteroatoms. The van der Waals surface area contributed by atoms with Gasteiger partial charge in [0.25, 0.3) is 5.69 Å². The lowest BCUT2D eigenvalue weighted by atomic mass is 10.0. The van der Waals surface area contributed by atoms with Gasteiger partial charge in [0.15, 0.2) is 12.3 Å². The zero-order valence-electron chi connectivity index (χ0n) is 18.4. The maximum absolute atomic E-state index is 12.3. The van der Waals surface area contributed by atoms with Gasteiger partial charge in [0.2, 0.25) is 0 Å². The third-order valence-corrected chi connectivity index (χ3v) is 6.60. The van der Waals surface area contributed by atoms with Crippen molar-refractivity contribution in [1.82, 2.24) is 4.31 Å². The van der Waals surface area contributed by atoms with Gasteiger partial charge in [-0.3, -0.25) is 10.1 Å². The quantitative estimate of drug-likeness (QED) is 0.274. The second-order valence-corrected chi connectivity index (χ2v) is 8.43. The van der Waals surface area contributed by atoms with E-state index in [-0.39, 0.29) is 5.69 Å². The first-order valence-electron chi connectivity index (χ1n) is 10.3. The van der Waals surface area contributed by atoms with Crippen LogP contribution in [0.3, 0.4) is 0 Å². The van der Waals surface area contributed by atoms with Crippen LogP contribution in [0, 0.1) is 10.1 Å². The Hall–Kier alpha value is -3.60. The number of carbonyl (C=O) groups is 1. The average molecular weight is 483 g/mol. The number of rotatable bonds is 8. The second-order valence-electron chi connectivity index (χ2n) is 7.39. The SMILES string of the molecule is COc1ccc(C2OC(C(=O)O)C(c3ccccc3)N2Sc2ccccc2[N+](=O)[O-])c(OC)c1. The van der Waals surface area contributed by atoms with E-state index >= 15 is 0 Å². The summed E-state index contributed by atoms with van der Waals surface area (Å²) in [6.07, 6.45) is -2.11. The fourth-order valence-electron chi connectivity index (χ4n) is 3.85. The molecule has 0 saturated carbocycles. The lowest BCUT2D eigenvalue weighted by molar-refractivity contribution is -0.387. The van der Waals surface area contributed by atoms with Gasteiger partial charge in [-0.05, 0) is 35.7 Å². The summed E-state index contributed by atoms with van der Waals surface area (Å²) < 4.78 is 18.7. The summed E-state index contributed by atoms with van der Waals surface area (Å²) in [5.74, 6) is -0.141. The van der Waals surface area contributed by atoms with Crippen molar-refractivity contribution in [1.29, 1.82) is 0 Å². The number of methoxy groups -OCH3 is 2. The molecule has 0 amide bonds. The number of para-hydroxylation sites is 1. The number of aliphatic carboxylic acids is 1. The minimum Gasteiger partial charge on any atom is -0.497 e. The molecule has 4 rings (SSSR count). The maximum atomic E-state index is 12.3. The first-order valence-corrected chi connectivity index (χ1v) is 11.1. The Morgan fingerprint density at radius 2 is 1.76 bits per heavy atom. The number of nitrogens with zero attached hydrogens (tertiary/aromatic N) is 2. The summed E-state index contributed by atoms with van der Waals surface area (Å²) in [6, 6.07) is 19.8. The highest BCUT2D eigenvalue weighted by Crippen LogP contribution is 2.52. The third kappa shape index (κ3) is 4.56. The third-order valence-electron chi connectivity index (χ3n) is 5.42. The smallest absolute Gasteiger partial charge is 0.334 e. The van der Waals surface area contributed by atoms with Crippen molar-refractivity contribution in [2.45, 2.75) is 23.3 Å². The number of ether oxygens (including phenoxy) is 3. The molecule has 1 aliphatic rings. The van der Waals surface area contributed by atoms with Gasteiger partial charge >= 0.3 is 5.97 Å². The number of hydrogen-bond donors (Lipinski definition) is 1. The fraction of sp³-hybridized carbons (Fsp3) is 0.208. The average Bonchev–Trinajstić information content (AvgIpc) is 3.23. The Labute approximate surface area is 200 Å². The lowest BCUT2D eigenvalue weighted by Gasteiger charge is -2.28. The van der Waals surface area contributed by atoms with Crippen LogP contribution in [0.5, 0.6) is 11.5 Å². The molecule has 3 unspecified atom stereocenters. The first-order chi connectivity index (χ1) is 16.4. The van der Waals surface area contributed by atoms with E-state index in [1.54, 1.807) is 40.7 Å². The molecule has 0 aromatic heterocycles. The maximum Gasteiger partial charge on any atom is 0.334 e. The van der Waals surface area contributed by atoms with E-state index in [9.17, 15) is 20.0 Å². The largest absolute Gasteiger partial charge is 0.497 e. The van der Waals surface area contributed by atoms with Crippen molar-refractivity contribution in [3.63, 3.8) is 0 Å². The van der Waals surface area contributed by atoms with E-state index in [4.69, 9.17) is 14.2 Å². The Morgan fingerprint density at radius 3 is 2.41 bits per heavy atom. The van der Waals surface area contributed by atoms with Crippen molar-refractivity contribution in [2.24, 2.45) is 0 Å². The molecule has 3 atom stereocenters. The molecule has 1 heterocycles. The van der Waals surface area contributed by atoms with E-state index in [2.05, 4.69) is 0 Å². The number of nitro benzene ring substituents is 1. The number of hydrogen-bond acceptors (Lipinski definition) is 8. The summed E-state index contributed by atoms with van der Waals surface area (Å²) in [6.45, 7) is 0. The molecule has 0 spiro atoms. The van der Waals surface area contributed by atoms with Gasteiger partial charge in [0, 0.05) is 17.7 Å². The van der Waals surface area contributed by atoms with E-state index < -0.39 is 29.3 Å². The molecular weight excluding hydrogens is 460 g/mol. The van der Waals surface area contributed by atoms with Gasteiger partial charge in [-0.2, -0.15) is 0 Å². The van der Waals surface area contributed by atoms with Crippen LogP contribution in [0.2, 0.25) is 0 Å². The molecule has 3 aromatic carbocycles. The molecule has 1 fully saturated rings. The Balaban J connectivity index is 1.86. The van der Waals surface area contributed by atoms with E-state index in [0.29, 0.717) is 27.5 Å². The Bertz CT molecular complexity index is 1190. The summed E-state index contributed by atoms with van der Waals surface area (Å²) >= 11 is 1.08. The van der Waals surface area contributed by atoms with Crippen LogP contribution in [0.25, 0.3) is 0 Å². The number of carboxylic acid groups (broad SMARTS) is 1. The van der Waals surface area contributed by atoms with Crippen LogP contribution >= 0.6 is 11.9 Å². The summed E-state index contributed by atoms with van der Waals surface area (Å²) in [5, 5.41) is 21.7. The number of carboxylic acids is 1. The zero-order valence-corrected chi connectivity index (χ0v) is 19.2. The first kappa shape index (κ1) is 23.6. The van der Waals surface area contributed by atoms with E-state index in [1.807, 2.05) is 30.3 Å². The highest BCUT2D eigenvalue weighted by Gasteiger charge is 2.49. The van der Waals surface area contributed by atoms with Crippen LogP contribution in [-0.4, -0.2) is 40.6 Å². The van der Waals surface area contributed by atoms with Gasteiger partial charge in [-0.15, -0.1) is 0 Å². The zero-order chi connectivity index (χ0) is 24.2. The van der Waals surface area contributed by atoms with Gasteiger partial charge in [-0.25, -0.2) is 9.10 Å². The highest BCUT2D eigenvalue weighted by molar-refractivity contribution is 7.97. The Kier molecular flexibility index (Phi) is 7.01. The molecular formula is C24H22N2O7S. The van der Waals surface area contributed by atoms with E-state index in [0.717, 1.165) is 11.9 Å². The van der Waals surface area contributed by atoms with Gasteiger partial charge in [-0.1, -0.05) is 42.5 Å². The fourth-order valence-corrected chi connectivity index (χ4v) is 5.06. The molecule has 3 aromatic rings. The molecule has 0 radical (unpaired) electrons. The minimum absolute atomic E-state index is 0.0847. The lowest BCUT2D eigenvalue weighted by Crippen LogP contribution is -2.29. The predicted octanol–water partition coefficient (Wildman–Crippen LogP) is 4.84. The number of nitro groups is 1. The van der Waals surface area contributed by atoms with E-state index in [1.165, 1.54) is 20.3 Å². The van der Waals surface area contributed by atoms with Crippen molar-refractivity contribution in [3.05, 3.63) is 94.0 Å². The Morgan fingerprint density at radius 1 is 1.06 bits per heavy atom. The normalized spacial score (nSPS) is 20.1. The topological polar surface area (TPSA) is 111 Å². The minimum atomic E-state index is -1.23. The predicted molar refractivity (Wildman–Crippen MR) is 125 cm³/mol. The molecule has 0 aliphatic carbocycles. The van der Waals surface area contributed by atoms with Crippen LogP contribution in [0.1, 0.15) is 23.4 Å². The molecule has 1 saturated heterocycles. The van der Waals surface area contributed by atoms with Crippen molar-refractivity contribution >= 4 is 23.6 Å². The van der Waals surface area contributed by atoms with Gasteiger partial charge in [0.1, 0.15) is 16.4 Å². The summed E-state index contributed by atoms with van der Waals surface area (Å²) in [7, 11) is 3.03. The van der Waals surface area contributed by atoms with Crippen molar-refractivity contribution in [2.75, 3.05) is 14.2 Å². The van der Waals surface area contributed by atoms with Crippen LogP contribution in [0.15, 0.2) is 77.7 Å². The standard InChI is InChI=1S/C24H22N2O7S/c1-31-16-12-13-17(19(14-16)32-2)23-25(34-20-11-7-6-10-18(20)26(29)30)21(22(33-23)24(27)28)15-8-4-3-5-9-15/h3-14,21-23H,1-2H3,(H,27,28). The molecule has 34 heavy (non-hydrogen) atoms. The summed E-state index contributed by atoms with van der Waals surface area (Å²) in [5.41, 5.74) is 1.19. The molecule has 176 valence electrons. The monoisotopic (exact) mass is 482 g/mol. The molecule has 0 bridgehead atoms. The van der Waals surface area contributed by atoms with Gasteiger partial charge in [0.05, 0.1) is 25.2 Å². The van der Waals surface area contributed by atoms with Crippen LogP contribution in [-0.2, 0) is 9.53 Å². The van der Waals surface area contributed by atoms with Crippen LogP contribution < -0.4 is 9.47 Å². The molecule has 1 N–H and O–H groups in total.